The number of carbonyl (C=O) groups is 1. The fraction of sp³-hybridized carbons (Fsp3) is 0.845. The number of carbonyl (C=O) groups excluding carboxylic acids is 1. The summed E-state index contributed by atoms with van der Waals surface area (Å²) in [7, 11) is 0. The van der Waals surface area contributed by atoms with Crippen molar-refractivity contribution >= 4 is 5.91 Å². The second-order valence-electron chi connectivity index (χ2n) is 19.2. The van der Waals surface area contributed by atoms with E-state index < -0.39 is 18.2 Å². The van der Waals surface area contributed by atoms with Crippen LogP contribution in [-0.2, 0) is 4.79 Å². The Kier molecular flexibility index (Phi) is 51.5. The van der Waals surface area contributed by atoms with Crippen LogP contribution in [0.2, 0.25) is 0 Å². The summed E-state index contributed by atoms with van der Waals surface area (Å²) in [5.41, 5.74) is 0. The molecule has 0 saturated heterocycles. The van der Waals surface area contributed by atoms with Gasteiger partial charge in [0.05, 0.1) is 31.3 Å². The molecule has 1 amide bonds. The van der Waals surface area contributed by atoms with Crippen LogP contribution in [0.4, 0.5) is 0 Å². The van der Waals surface area contributed by atoms with Gasteiger partial charge in [-0.05, 0) is 70.6 Å². The molecule has 0 saturated carbocycles. The zero-order valence-electron chi connectivity index (χ0n) is 42.2. The first-order valence-electron chi connectivity index (χ1n) is 27.9. The number of allylic oxidation sites excluding steroid dienone is 7. The molecule has 0 aliphatic rings. The standard InChI is InChI=1S/C58H109NO4/c1-3-5-7-9-11-13-15-17-19-21-23-25-27-28-30-32-34-36-38-40-42-44-46-48-50-52-57(62)56(54-60)59-58(63)53-55(61)51-49-47-45-43-41-39-37-35-33-31-29-26-24-22-20-18-16-14-12-10-8-6-4-2/h31,33-34,36,42,44,50,52,55-57,60-62H,3-30,32,35,37-41,43,45-49,51,53-54H2,1-2H3,(H,59,63)/b33-31-,36-34+,44-42+,52-50+. The molecule has 0 aromatic carbocycles. The minimum absolute atomic E-state index is 0.000742. The molecule has 0 aliphatic carbocycles. The predicted octanol–water partition coefficient (Wildman–Crippen LogP) is 17.2. The molecule has 0 aromatic rings. The van der Waals surface area contributed by atoms with Gasteiger partial charge < -0.3 is 20.6 Å². The van der Waals surface area contributed by atoms with Gasteiger partial charge in [-0.15, -0.1) is 0 Å². The highest BCUT2D eigenvalue weighted by Gasteiger charge is 2.20. The maximum absolute atomic E-state index is 12.5. The van der Waals surface area contributed by atoms with Crippen molar-refractivity contribution in [3.05, 3.63) is 48.6 Å². The van der Waals surface area contributed by atoms with E-state index >= 15 is 0 Å². The largest absolute Gasteiger partial charge is 0.394 e. The number of aliphatic hydroxyl groups is 3. The Morgan fingerprint density at radius 3 is 1.02 bits per heavy atom. The van der Waals surface area contributed by atoms with Crippen LogP contribution in [0.1, 0.15) is 290 Å². The Bertz CT molecular complexity index is 1020. The van der Waals surface area contributed by atoms with Crippen molar-refractivity contribution in [1.82, 2.24) is 5.32 Å². The Labute approximate surface area is 393 Å². The molecule has 0 aliphatic heterocycles. The smallest absolute Gasteiger partial charge is 0.222 e. The van der Waals surface area contributed by atoms with E-state index in [9.17, 15) is 20.1 Å². The van der Waals surface area contributed by atoms with Crippen LogP contribution in [0.3, 0.4) is 0 Å². The zero-order valence-corrected chi connectivity index (χ0v) is 42.2. The number of rotatable bonds is 51. The molecule has 5 nitrogen and oxygen atoms in total. The predicted molar refractivity (Wildman–Crippen MR) is 277 cm³/mol. The molecule has 0 fully saturated rings. The van der Waals surface area contributed by atoms with Crippen LogP contribution in [0, 0.1) is 0 Å². The average molecular weight is 885 g/mol. The summed E-state index contributed by atoms with van der Waals surface area (Å²) in [5, 5.41) is 33.4. The molecule has 63 heavy (non-hydrogen) atoms. The molecular weight excluding hydrogens is 775 g/mol. The van der Waals surface area contributed by atoms with Crippen LogP contribution >= 0.6 is 0 Å². The molecular formula is C58H109NO4. The third-order valence-electron chi connectivity index (χ3n) is 12.8. The fourth-order valence-electron chi connectivity index (χ4n) is 8.55. The Balaban J connectivity index is 3.65. The Morgan fingerprint density at radius 1 is 0.397 bits per heavy atom. The fourth-order valence-corrected chi connectivity index (χ4v) is 8.55. The van der Waals surface area contributed by atoms with E-state index in [1.165, 1.54) is 225 Å². The van der Waals surface area contributed by atoms with Gasteiger partial charge in [0.25, 0.3) is 0 Å². The van der Waals surface area contributed by atoms with Crippen molar-refractivity contribution in [2.75, 3.05) is 6.61 Å². The first kappa shape index (κ1) is 61.3. The number of amides is 1. The maximum atomic E-state index is 12.5. The van der Waals surface area contributed by atoms with Crippen molar-refractivity contribution in [2.45, 2.75) is 308 Å². The topological polar surface area (TPSA) is 89.8 Å². The van der Waals surface area contributed by atoms with Gasteiger partial charge >= 0.3 is 0 Å². The molecule has 0 bridgehead atoms. The second-order valence-corrected chi connectivity index (χ2v) is 19.2. The van der Waals surface area contributed by atoms with Crippen LogP contribution in [0.25, 0.3) is 0 Å². The van der Waals surface area contributed by atoms with Gasteiger partial charge in [0.15, 0.2) is 0 Å². The first-order valence-corrected chi connectivity index (χ1v) is 27.9. The van der Waals surface area contributed by atoms with Gasteiger partial charge in [-0.25, -0.2) is 0 Å². The lowest BCUT2D eigenvalue weighted by Crippen LogP contribution is -2.45. The van der Waals surface area contributed by atoms with E-state index in [0.717, 1.165) is 38.5 Å². The number of hydrogen-bond donors (Lipinski definition) is 4. The van der Waals surface area contributed by atoms with Crippen LogP contribution < -0.4 is 5.32 Å². The molecule has 0 rings (SSSR count). The lowest BCUT2D eigenvalue weighted by atomic mass is 10.0. The molecule has 0 radical (unpaired) electrons. The lowest BCUT2D eigenvalue weighted by molar-refractivity contribution is -0.124. The molecule has 3 unspecified atom stereocenters. The third kappa shape index (κ3) is 49.6. The summed E-state index contributed by atoms with van der Waals surface area (Å²) in [5.74, 6) is -0.330. The highest BCUT2D eigenvalue weighted by Crippen LogP contribution is 2.16. The summed E-state index contributed by atoms with van der Waals surface area (Å²) in [6.07, 6.45) is 70.1. The molecule has 0 heterocycles. The third-order valence-corrected chi connectivity index (χ3v) is 12.8. The van der Waals surface area contributed by atoms with Gasteiger partial charge in [-0.2, -0.15) is 0 Å². The van der Waals surface area contributed by atoms with Crippen LogP contribution in [-0.4, -0.2) is 46.1 Å². The van der Waals surface area contributed by atoms with Crippen LogP contribution in [0.15, 0.2) is 48.6 Å². The molecule has 0 aromatic heterocycles. The monoisotopic (exact) mass is 884 g/mol. The molecule has 4 N–H and O–H groups in total. The summed E-state index contributed by atoms with van der Waals surface area (Å²) in [4.78, 5) is 12.5. The molecule has 370 valence electrons. The normalized spacial score (nSPS) is 13.7. The van der Waals surface area contributed by atoms with Crippen LogP contribution in [0.5, 0.6) is 0 Å². The number of aliphatic hydroxyl groups excluding tert-OH is 3. The first-order chi connectivity index (χ1) is 31.0. The van der Waals surface area contributed by atoms with Gasteiger partial charge in [-0.3, -0.25) is 4.79 Å². The maximum Gasteiger partial charge on any atom is 0.222 e. The van der Waals surface area contributed by atoms with Crippen molar-refractivity contribution < 1.29 is 20.1 Å². The van der Waals surface area contributed by atoms with Crippen molar-refractivity contribution in [2.24, 2.45) is 0 Å². The van der Waals surface area contributed by atoms with Gasteiger partial charge in [0, 0.05) is 0 Å². The second kappa shape index (κ2) is 52.9. The average Bonchev–Trinajstić information content (AvgIpc) is 3.28. The van der Waals surface area contributed by atoms with E-state index in [1.54, 1.807) is 6.08 Å². The van der Waals surface area contributed by atoms with E-state index in [1.807, 2.05) is 6.08 Å². The Hall–Kier alpha value is -1.69. The SMILES string of the molecule is CCCCCCCCCCCCCC/C=C\CCCCCCCCCC(O)CC(=O)NC(CO)C(O)/C=C/CC/C=C/CC/C=C/CCCCCCCCCCCCCCCCC. The van der Waals surface area contributed by atoms with E-state index in [0.29, 0.717) is 6.42 Å². The van der Waals surface area contributed by atoms with E-state index in [2.05, 4.69) is 55.6 Å². The highest BCUT2D eigenvalue weighted by molar-refractivity contribution is 5.76. The summed E-state index contributed by atoms with van der Waals surface area (Å²) < 4.78 is 0. The summed E-state index contributed by atoms with van der Waals surface area (Å²) >= 11 is 0. The summed E-state index contributed by atoms with van der Waals surface area (Å²) in [6, 6.07) is -0.771. The van der Waals surface area contributed by atoms with Gasteiger partial charge in [0.2, 0.25) is 5.91 Å². The minimum Gasteiger partial charge on any atom is -0.394 e. The molecule has 5 heteroatoms. The van der Waals surface area contributed by atoms with E-state index in [4.69, 9.17) is 0 Å². The van der Waals surface area contributed by atoms with Gasteiger partial charge in [-0.1, -0.05) is 262 Å². The molecule has 3 atom stereocenters. The molecule has 0 spiro atoms. The number of nitrogens with one attached hydrogen (secondary N) is 1. The lowest BCUT2D eigenvalue weighted by Gasteiger charge is -2.21. The number of unbranched alkanes of at least 4 members (excludes halogenated alkanes) is 36. The zero-order chi connectivity index (χ0) is 45.8. The van der Waals surface area contributed by atoms with Crippen molar-refractivity contribution in [3.63, 3.8) is 0 Å². The Morgan fingerprint density at radius 2 is 0.683 bits per heavy atom. The summed E-state index contributed by atoms with van der Waals surface area (Å²) in [6.45, 7) is 4.23. The minimum atomic E-state index is -0.963. The van der Waals surface area contributed by atoms with Crippen molar-refractivity contribution in [1.29, 1.82) is 0 Å². The number of hydrogen-bond acceptors (Lipinski definition) is 4. The highest BCUT2D eigenvalue weighted by atomic mass is 16.3. The van der Waals surface area contributed by atoms with E-state index in [-0.39, 0.29) is 18.9 Å². The van der Waals surface area contributed by atoms with Crippen molar-refractivity contribution in [3.8, 4) is 0 Å². The quantitative estimate of drug-likeness (QED) is 0.0362. The van der Waals surface area contributed by atoms with Gasteiger partial charge in [0.1, 0.15) is 0 Å².